The fraction of sp³-hybridized carbons (Fsp3) is 0.545. The number of ether oxygens (including phenoxy) is 1. The van der Waals surface area contributed by atoms with Crippen molar-refractivity contribution < 1.29 is 23.9 Å². The van der Waals surface area contributed by atoms with Crippen molar-refractivity contribution in [3.05, 3.63) is 34.9 Å². The van der Waals surface area contributed by atoms with Crippen molar-refractivity contribution in [3.63, 3.8) is 0 Å². The molecular weight excluding hydrogens is 372 g/mol. The molecule has 29 heavy (non-hydrogen) atoms. The van der Waals surface area contributed by atoms with Gasteiger partial charge in [-0.2, -0.15) is 0 Å². The number of fused-ring (bicyclic) bond motifs is 1. The number of hydrogen-bond donors (Lipinski definition) is 1. The molecule has 1 aromatic carbocycles. The maximum atomic E-state index is 12.4. The van der Waals surface area contributed by atoms with Gasteiger partial charge in [-0.1, -0.05) is 31.4 Å². The molecule has 3 rings (SSSR count). The van der Waals surface area contributed by atoms with Crippen LogP contribution in [-0.4, -0.2) is 47.3 Å². The predicted molar refractivity (Wildman–Crippen MR) is 106 cm³/mol. The summed E-state index contributed by atoms with van der Waals surface area (Å²) >= 11 is 0. The third-order valence-electron chi connectivity index (χ3n) is 5.78. The van der Waals surface area contributed by atoms with E-state index in [1.165, 1.54) is 13.3 Å². The Morgan fingerprint density at radius 2 is 1.86 bits per heavy atom. The zero-order valence-corrected chi connectivity index (χ0v) is 17.2. The second-order valence-electron chi connectivity index (χ2n) is 8.07. The Hall–Kier alpha value is -2.70. The van der Waals surface area contributed by atoms with Crippen LogP contribution >= 0.6 is 0 Å². The van der Waals surface area contributed by atoms with Gasteiger partial charge in [0.1, 0.15) is 0 Å². The Balaban J connectivity index is 1.49. The summed E-state index contributed by atoms with van der Waals surface area (Å²) in [5, 5.41) is 2.97. The molecule has 3 amide bonds. The monoisotopic (exact) mass is 400 g/mol. The summed E-state index contributed by atoms with van der Waals surface area (Å²) in [5.74, 6) is -1.33. The van der Waals surface area contributed by atoms with E-state index in [1.807, 2.05) is 6.92 Å². The fourth-order valence-corrected chi connectivity index (χ4v) is 3.95. The lowest BCUT2D eigenvalue weighted by atomic mass is 9.86. The highest BCUT2D eigenvalue weighted by Crippen LogP contribution is 2.25. The number of hydrogen-bond acceptors (Lipinski definition) is 5. The van der Waals surface area contributed by atoms with Crippen LogP contribution in [-0.2, 0) is 14.3 Å². The van der Waals surface area contributed by atoms with E-state index in [2.05, 4.69) is 12.2 Å². The van der Waals surface area contributed by atoms with Crippen molar-refractivity contribution in [2.24, 2.45) is 5.92 Å². The predicted octanol–water partition coefficient (Wildman–Crippen LogP) is 2.61. The van der Waals surface area contributed by atoms with Gasteiger partial charge in [-0.05, 0) is 44.7 Å². The topological polar surface area (TPSA) is 92.8 Å². The molecule has 0 saturated heterocycles. The minimum atomic E-state index is -0.915. The Morgan fingerprint density at radius 3 is 2.59 bits per heavy atom. The summed E-state index contributed by atoms with van der Waals surface area (Å²) in [6, 6.07) is 5.18. The second kappa shape index (κ2) is 8.76. The first kappa shape index (κ1) is 21.0. The number of benzene rings is 1. The van der Waals surface area contributed by atoms with E-state index in [0.29, 0.717) is 17.0 Å². The first-order valence-electron chi connectivity index (χ1n) is 10.2. The van der Waals surface area contributed by atoms with Gasteiger partial charge < -0.3 is 10.1 Å². The minimum absolute atomic E-state index is 0.0712. The zero-order chi connectivity index (χ0) is 21.1. The van der Waals surface area contributed by atoms with E-state index in [-0.39, 0.29) is 24.9 Å². The van der Waals surface area contributed by atoms with E-state index < -0.39 is 23.9 Å². The van der Waals surface area contributed by atoms with Crippen LogP contribution in [0.1, 0.15) is 72.2 Å². The zero-order valence-electron chi connectivity index (χ0n) is 17.2. The third-order valence-corrected chi connectivity index (χ3v) is 5.78. The van der Waals surface area contributed by atoms with E-state index in [9.17, 15) is 19.2 Å². The normalized spacial score (nSPS) is 22.2. The molecule has 7 heteroatoms. The molecule has 1 aromatic rings. The number of nitrogens with one attached hydrogen (secondary N) is 1. The maximum Gasteiger partial charge on any atom is 0.308 e. The van der Waals surface area contributed by atoms with Gasteiger partial charge in [-0.3, -0.25) is 24.1 Å². The van der Waals surface area contributed by atoms with Gasteiger partial charge in [0.2, 0.25) is 0 Å². The summed E-state index contributed by atoms with van der Waals surface area (Å²) < 4.78 is 5.22. The summed E-state index contributed by atoms with van der Waals surface area (Å²) in [7, 11) is 0. The Morgan fingerprint density at radius 1 is 1.17 bits per heavy atom. The summed E-state index contributed by atoms with van der Waals surface area (Å²) in [5.41, 5.74) is 1.60. The third kappa shape index (κ3) is 4.66. The van der Waals surface area contributed by atoms with Gasteiger partial charge in [0.25, 0.3) is 17.7 Å². The molecule has 0 radical (unpaired) electrons. The Labute approximate surface area is 170 Å². The largest absolute Gasteiger partial charge is 0.452 e. The smallest absolute Gasteiger partial charge is 0.308 e. The standard InChI is InChI=1S/C22H28N2O5/c1-13-8-9-16-17(12-13)22(28)24(21(16)27)11-10-19(25)29-15(3)20(26)23-18-7-5-4-6-14(18)2/h8-9,12,14-15,18H,4-7,10-11H2,1-3H3,(H,23,26). The van der Waals surface area contributed by atoms with Gasteiger partial charge in [0, 0.05) is 12.6 Å². The molecule has 1 fully saturated rings. The molecule has 0 aromatic heterocycles. The molecule has 1 N–H and O–H groups in total. The molecular formula is C22H28N2O5. The highest BCUT2D eigenvalue weighted by atomic mass is 16.5. The number of amides is 3. The fourth-order valence-electron chi connectivity index (χ4n) is 3.95. The molecule has 1 aliphatic carbocycles. The average molecular weight is 400 g/mol. The molecule has 0 bridgehead atoms. The molecule has 7 nitrogen and oxygen atoms in total. The van der Waals surface area contributed by atoms with Crippen LogP contribution in [0.3, 0.4) is 0 Å². The Kier molecular flexibility index (Phi) is 6.35. The number of aryl methyl sites for hydroxylation is 1. The summed E-state index contributed by atoms with van der Waals surface area (Å²) in [4.78, 5) is 50.4. The summed E-state index contributed by atoms with van der Waals surface area (Å²) in [6.45, 7) is 5.42. The van der Waals surface area contributed by atoms with Crippen LogP contribution in [0, 0.1) is 12.8 Å². The SMILES string of the molecule is Cc1ccc2c(c1)C(=O)N(CCC(=O)OC(C)C(=O)NC1CCCCC1C)C2=O. The number of esters is 1. The van der Waals surface area contributed by atoms with Crippen molar-refractivity contribution in [3.8, 4) is 0 Å². The molecule has 1 aliphatic heterocycles. The van der Waals surface area contributed by atoms with Gasteiger partial charge >= 0.3 is 5.97 Å². The molecule has 3 unspecified atom stereocenters. The van der Waals surface area contributed by atoms with Crippen molar-refractivity contribution in [2.75, 3.05) is 6.54 Å². The van der Waals surface area contributed by atoms with Crippen molar-refractivity contribution >= 4 is 23.7 Å². The molecule has 156 valence electrons. The average Bonchev–Trinajstić information content (AvgIpc) is 2.91. The van der Waals surface area contributed by atoms with Crippen LogP contribution in [0.15, 0.2) is 18.2 Å². The lowest BCUT2D eigenvalue weighted by molar-refractivity contribution is -0.155. The molecule has 3 atom stereocenters. The van der Waals surface area contributed by atoms with Crippen molar-refractivity contribution in [1.29, 1.82) is 0 Å². The quantitative estimate of drug-likeness (QED) is 0.585. The number of carbonyl (C=O) groups excluding carboxylic acids is 4. The minimum Gasteiger partial charge on any atom is -0.452 e. The van der Waals surface area contributed by atoms with E-state index in [1.54, 1.807) is 18.2 Å². The lowest BCUT2D eigenvalue weighted by Crippen LogP contribution is -2.46. The van der Waals surface area contributed by atoms with E-state index >= 15 is 0 Å². The highest BCUT2D eigenvalue weighted by molar-refractivity contribution is 6.21. The molecule has 1 saturated carbocycles. The number of imide groups is 1. The van der Waals surface area contributed by atoms with Gasteiger partial charge in [0.05, 0.1) is 17.5 Å². The molecule has 1 heterocycles. The van der Waals surface area contributed by atoms with Crippen LogP contribution in [0.25, 0.3) is 0 Å². The van der Waals surface area contributed by atoms with Crippen LogP contribution in [0.4, 0.5) is 0 Å². The Bertz CT molecular complexity index is 834. The number of carbonyl (C=O) groups is 4. The van der Waals surface area contributed by atoms with Crippen molar-refractivity contribution in [1.82, 2.24) is 10.2 Å². The van der Waals surface area contributed by atoms with Gasteiger partial charge in [-0.15, -0.1) is 0 Å². The maximum absolute atomic E-state index is 12.4. The highest BCUT2D eigenvalue weighted by Gasteiger charge is 2.35. The van der Waals surface area contributed by atoms with Gasteiger partial charge in [-0.25, -0.2) is 0 Å². The van der Waals surface area contributed by atoms with Crippen LogP contribution in [0.2, 0.25) is 0 Å². The van der Waals surface area contributed by atoms with Crippen LogP contribution in [0.5, 0.6) is 0 Å². The number of nitrogens with zero attached hydrogens (tertiary/aromatic N) is 1. The first-order valence-corrected chi connectivity index (χ1v) is 10.2. The first-order chi connectivity index (χ1) is 13.8. The van der Waals surface area contributed by atoms with Crippen molar-refractivity contribution in [2.45, 2.75) is 65.0 Å². The van der Waals surface area contributed by atoms with Crippen LogP contribution < -0.4 is 5.32 Å². The lowest BCUT2D eigenvalue weighted by Gasteiger charge is -2.30. The number of rotatable bonds is 6. The van der Waals surface area contributed by atoms with E-state index in [0.717, 1.165) is 29.7 Å². The van der Waals surface area contributed by atoms with E-state index in [4.69, 9.17) is 4.74 Å². The second-order valence-corrected chi connectivity index (χ2v) is 8.07. The van der Waals surface area contributed by atoms with Gasteiger partial charge in [0.15, 0.2) is 6.10 Å². The molecule has 2 aliphatic rings. The summed E-state index contributed by atoms with van der Waals surface area (Å²) in [6.07, 6.45) is 3.22. The molecule has 0 spiro atoms.